The summed E-state index contributed by atoms with van der Waals surface area (Å²) in [5.74, 6) is 0.116. The number of esters is 1. The molecule has 6 atom stereocenters. The van der Waals surface area contributed by atoms with E-state index in [2.05, 4.69) is 66.7 Å². The Bertz CT molecular complexity index is 1620. The fraction of sp³-hybridized carbons (Fsp3) is 0.591. The lowest BCUT2D eigenvalue weighted by atomic mass is 9.47. The van der Waals surface area contributed by atoms with Crippen molar-refractivity contribution in [3.8, 4) is 0 Å². The maximum atomic E-state index is 12.8. The lowest BCUT2D eigenvalue weighted by molar-refractivity contribution is -0.185. The minimum atomic E-state index is -0.990. The number of allylic oxidation sites excluding steroid dienone is 13. The summed E-state index contributed by atoms with van der Waals surface area (Å²) in [5.41, 5.74) is 6.25. The maximum absolute atomic E-state index is 12.8. The number of carbonyl (C=O) groups excluding carboxylic acids is 3. The normalized spacial score (nSPS) is 33.9. The molecule has 0 aromatic carbocycles. The second-order valence-corrected chi connectivity index (χ2v) is 16.8. The summed E-state index contributed by atoms with van der Waals surface area (Å²) >= 11 is 0. The zero-order chi connectivity index (χ0) is 37.2. The summed E-state index contributed by atoms with van der Waals surface area (Å²) in [4.78, 5) is 47.3. The molecule has 0 unspecified atom stereocenters. The van der Waals surface area contributed by atoms with Crippen LogP contribution in [0.2, 0.25) is 0 Å². The molecule has 50 heavy (non-hydrogen) atoms. The molecule has 272 valence electrons. The van der Waals surface area contributed by atoms with Crippen molar-refractivity contribution >= 4 is 23.5 Å². The topological polar surface area (TPSA) is 97.7 Å². The molecule has 0 aromatic rings. The average molecular weight is 685 g/mol. The number of carboxylic acids is 1. The number of carbonyl (C=O) groups is 4. The molecular formula is C44H60O6. The second kappa shape index (κ2) is 15.0. The van der Waals surface area contributed by atoms with Gasteiger partial charge < -0.3 is 9.84 Å². The predicted octanol–water partition coefficient (Wildman–Crippen LogP) is 10.2. The van der Waals surface area contributed by atoms with E-state index in [0.717, 1.165) is 36.8 Å². The van der Waals surface area contributed by atoms with Crippen LogP contribution in [0.5, 0.6) is 0 Å². The number of ether oxygens (including phenoxy) is 1. The summed E-state index contributed by atoms with van der Waals surface area (Å²) < 4.78 is 5.82. The zero-order valence-corrected chi connectivity index (χ0v) is 32.2. The van der Waals surface area contributed by atoms with Crippen LogP contribution in [0.25, 0.3) is 0 Å². The fourth-order valence-corrected chi connectivity index (χ4v) is 10.4. The van der Waals surface area contributed by atoms with Crippen molar-refractivity contribution in [1.82, 2.24) is 0 Å². The highest BCUT2D eigenvalue weighted by molar-refractivity contribution is 5.92. The van der Waals surface area contributed by atoms with Crippen LogP contribution in [0.15, 0.2) is 82.0 Å². The van der Waals surface area contributed by atoms with Crippen molar-refractivity contribution in [2.24, 2.45) is 34.0 Å². The van der Waals surface area contributed by atoms with E-state index in [9.17, 15) is 19.2 Å². The highest BCUT2D eigenvalue weighted by Gasteiger charge is 2.67. The molecule has 1 N–H and O–H groups in total. The Morgan fingerprint density at radius 3 is 2.18 bits per heavy atom. The molecule has 6 heteroatoms. The van der Waals surface area contributed by atoms with Gasteiger partial charge in [0.2, 0.25) is 0 Å². The quantitative estimate of drug-likeness (QED) is 0.163. The lowest BCUT2D eigenvalue weighted by Crippen LogP contribution is -2.58. The molecule has 0 amide bonds. The number of hydrogen-bond acceptors (Lipinski definition) is 5. The van der Waals surface area contributed by atoms with E-state index >= 15 is 0 Å². The number of carboxylic acid groups (broad SMARTS) is 1. The molecule has 0 aliphatic heterocycles. The number of aliphatic carboxylic acids is 1. The van der Waals surface area contributed by atoms with Crippen molar-refractivity contribution in [1.29, 1.82) is 0 Å². The van der Waals surface area contributed by atoms with Crippen molar-refractivity contribution in [3.63, 3.8) is 0 Å². The molecule has 0 bridgehead atoms. The Labute approximate surface area is 300 Å². The van der Waals surface area contributed by atoms with Gasteiger partial charge >= 0.3 is 11.9 Å². The standard InChI is InChI=1S/C24H32O4.C20H28O2/c1-14-12-18-19(22(4)9-6-17(27)13-21(14)22)7-10-23(5)20(18)8-11-24(23,15(2)25)28-16(3)26;1-15(8-6-9-16(2)14-19(21)22)11-12-18-17(3)10-7-13-20(18,4)5/h12-13,18-20H,6-11H2,1-5H3;6,8-9,11-12,14H,7,10,13H2,1-5H3,(H,21,22)/b;9-6+,12-11+,15-8+,16-14-/t18-,19+,20+,22-,23+,24+;/m1./s1. The van der Waals surface area contributed by atoms with Gasteiger partial charge in [0.05, 0.1) is 0 Å². The van der Waals surface area contributed by atoms with Crippen LogP contribution in [-0.2, 0) is 23.9 Å². The lowest BCUT2D eigenvalue weighted by Gasteiger charge is -2.58. The van der Waals surface area contributed by atoms with Crippen LogP contribution in [0, 0.1) is 34.0 Å². The van der Waals surface area contributed by atoms with Gasteiger partial charge in [-0.15, -0.1) is 0 Å². The first-order valence-electron chi connectivity index (χ1n) is 18.6. The molecule has 0 aromatic heterocycles. The second-order valence-electron chi connectivity index (χ2n) is 16.8. The first kappa shape index (κ1) is 39.2. The molecule has 0 spiro atoms. The number of hydrogen-bond donors (Lipinski definition) is 1. The smallest absolute Gasteiger partial charge is 0.328 e. The molecule has 0 heterocycles. The number of rotatable bonds is 7. The molecule has 6 nitrogen and oxygen atoms in total. The first-order chi connectivity index (χ1) is 23.3. The molecule has 2 fully saturated rings. The minimum absolute atomic E-state index is 0.0160. The number of fused-ring (bicyclic) bond motifs is 5. The van der Waals surface area contributed by atoms with Crippen molar-refractivity contribution in [3.05, 3.63) is 82.0 Å². The van der Waals surface area contributed by atoms with Gasteiger partial charge in [0.25, 0.3) is 0 Å². The van der Waals surface area contributed by atoms with Crippen LogP contribution in [-0.4, -0.2) is 34.2 Å². The van der Waals surface area contributed by atoms with Gasteiger partial charge in [0, 0.05) is 24.8 Å². The molecule has 0 saturated heterocycles. The van der Waals surface area contributed by atoms with E-state index in [-0.39, 0.29) is 33.8 Å². The van der Waals surface area contributed by atoms with Crippen molar-refractivity contribution < 1.29 is 29.0 Å². The van der Waals surface area contributed by atoms with Gasteiger partial charge in [0.1, 0.15) is 0 Å². The number of ketones is 2. The summed E-state index contributed by atoms with van der Waals surface area (Å²) in [7, 11) is 0. The van der Waals surface area contributed by atoms with Crippen LogP contribution in [0.3, 0.4) is 0 Å². The third-order valence-electron chi connectivity index (χ3n) is 13.0. The number of Topliss-reactive ketones (excluding diaryl/α,β-unsaturated/α-hetero) is 1. The molecule has 0 radical (unpaired) electrons. The predicted molar refractivity (Wildman–Crippen MR) is 200 cm³/mol. The Kier molecular flexibility index (Phi) is 11.8. The molecular weight excluding hydrogens is 624 g/mol. The first-order valence-corrected chi connectivity index (χ1v) is 18.6. The van der Waals surface area contributed by atoms with Gasteiger partial charge in [-0.25, -0.2) is 4.79 Å². The summed E-state index contributed by atoms with van der Waals surface area (Å²) in [5, 5.41) is 8.65. The van der Waals surface area contributed by atoms with Gasteiger partial charge in [0.15, 0.2) is 17.2 Å². The highest BCUT2D eigenvalue weighted by Crippen LogP contribution is 2.67. The molecule has 5 rings (SSSR count). The summed E-state index contributed by atoms with van der Waals surface area (Å²) in [6.45, 7) is 20.3. The summed E-state index contributed by atoms with van der Waals surface area (Å²) in [6.07, 6.45) is 24.2. The molecule has 5 aliphatic rings. The Balaban J connectivity index is 0.000000233. The van der Waals surface area contributed by atoms with E-state index in [1.165, 1.54) is 54.6 Å². The molecule has 5 aliphatic carbocycles. The van der Waals surface area contributed by atoms with Gasteiger partial charge in [-0.3, -0.25) is 14.4 Å². The van der Waals surface area contributed by atoms with Gasteiger partial charge in [-0.2, -0.15) is 0 Å². The van der Waals surface area contributed by atoms with E-state index in [0.29, 0.717) is 30.6 Å². The Morgan fingerprint density at radius 2 is 1.56 bits per heavy atom. The minimum Gasteiger partial charge on any atom is -0.478 e. The largest absolute Gasteiger partial charge is 0.478 e. The Morgan fingerprint density at radius 1 is 0.880 bits per heavy atom. The van der Waals surface area contributed by atoms with E-state index < -0.39 is 11.6 Å². The van der Waals surface area contributed by atoms with E-state index in [1.807, 2.05) is 18.2 Å². The van der Waals surface area contributed by atoms with E-state index in [1.54, 1.807) is 19.9 Å². The third-order valence-corrected chi connectivity index (χ3v) is 13.0. The van der Waals surface area contributed by atoms with Crippen molar-refractivity contribution in [2.45, 2.75) is 133 Å². The van der Waals surface area contributed by atoms with Crippen LogP contribution >= 0.6 is 0 Å². The van der Waals surface area contributed by atoms with Gasteiger partial charge in [-0.05, 0) is 137 Å². The van der Waals surface area contributed by atoms with Gasteiger partial charge in [-0.1, -0.05) is 80.9 Å². The monoisotopic (exact) mass is 684 g/mol. The average Bonchev–Trinajstić information content (AvgIpc) is 3.30. The zero-order valence-electron chi connectivity index (χ0n) is 32.2. The SMILES string of the molecule is CC(=O)O[C@]1(C(C)=O)CC[C@H]2[C@@H]3C=C(C)C4=CC(=O)CC[C@]4(C)[C@H]3CC[C@@]21C.CC1=C(/C=C/C(C)=C/C=C/C(C)=C\C(=O)O)C(C)(C)CCC1. The highest BCUT2D eigenvalue weighted by atomic mass is 16.6. The Hall–Kier alpha value is -3.54. The maximum Gasteiger partial charge on any atom is 0.328 e. The fourth-order valence-electron chi connectivity index (χ4n) is 10.4. The van der Waals surface area contributed by atoms with E-state index in [4.69, 9.17) is 9.84 Å². The summed E-state index contributed by atoms with van der Waals surface area (Å²) in [6, 6.07) is 0. The van der Waals surface area contributed by atoms with Crippen molar-refractivity contribution in [2.75, 3.05) is 0 Å². The van der Waals surface area contributed by atoms with Crippen LogP contribution in [0.1, 0.15) is 127 Å². The van der Waals surface area contributed by atoms with Crippen LogP contribution in [0.4, 0.5) is 0 Å². The third kappa shape index (κ3) is 7.70. The molecule has 2 saturated carbocycles. The van der Waals surface area contributed by atoms with Crippen LogP contribution < -0.4 is 0 Å².